The third kappa shape index (κ3) is 4.66. The van der Waals surface area contributed by atoms with Crippen molar-refractivity contribution in [2.45, 2.75) is 50.7 Å². The summed E-state index contributed by atoms with van der Waals surface area (Å²) in [5.74, 6) is -4.71. The quantitative estimate of drug-likeness (QED) is 0.322. The van der Waals surface area contributed by atoms with Gasteiger partial charge in [0.25, 0.3) is 5.91 Å². The number of anilines is 1. The molecule has 3 N–H and O–H groups in total. The molecule has 2 fully saturated rings. The lowest BCUT2D eigenvalue weighted by Gasteiger charge is -2.41. The number of hydrogen-bond acceptors (Lipinski definition) is 4. The molecule has 2 aliphatic rings. The molecule has 0 unspecified atom stereocenters. The molecule has 7 nitrogen and oxygen atoms in total. The summed E-state index contributed by atoms with van der Waals surface area (Å²) >= 11 is 12.2. The summed E-state index contributed by atoms with van der Waals surface area (Å²) < 4.78 is 31.5. The van der Waals surface area contributed by atoms with Crippen LogP contribution < -0.4 is 10.6 Å². The van der Waals surface area contributed by atoms with Crippen molar-refractivity contribution in [3.63, 3.8) is 0 Å². The Kier molecular flexibility index (Phi) is 7.12. The highest BCUT2D eigenvalue weighted by Gasteiger charge is 2.68. The van der Waals surface area contributed by atoms with E-state index in [1.54, 1.807) is 0 Å². The molecule has 11 heteroatoms. The highest BCUT2D eigenvalue weighted by molar-refractivity contribution is 6.31. The van der Waals surface area contributed by atoms with Crippen LogP contribution in [0.4, 0.5) is 19.3 Å². The number of imide groups is 1. The Morgan fingerprint density at radius 3 is 2.29 bits per heavy atom. The van der Waals surface area contributed by atoms with Crippen molar-refractivity contribution in [3.05, 3.63) is 99.0 Å². The average molecular weight is 602 g/mol. The third-order valence-electron chi connectivity index (χ3n) is 7.80. The zero-order chi connectivity index (χ0) is 30.0. The molecule has 3 aromatic rings. The predicted octanol–water partition coefficient (Wildman–Crippen LogP) is 6.56. The largest absolute Gasteiger partial charge is 0.478 e. The van der Waals surface area contributed by atoms with Crippen LogP contribution in [0.2, 0.25) is 10.0 Å². The number of halogens is 4. The van der Waals surface area contributed by atoms with Crippen LogP contribution in [-0.4, -0.2) is 40.0 Å². The number of nitrogens with two attached hydrogens (primary N) is 1. The van der Waals surface area contributed by atoms with Gasteiger partial charge in [0.05, 0.1) is 27.9 Å². The fourth-order valence-electron chi connectivity index (χ4n) is 6.12. The van der Waals surface area contributed by atoms with E-state index in [2.05, 4.69) is 0 Å². The van der Waals surface area contributed by atoms with E-state index in [-0.39, 0.29) is 38.8 Å². The fourth-order valence-corrected chi connectivity index (χ4v) is 6.46. The van der Waals surface area contributed by atoms with Crippen LogP contribution in [0, 0.1) is 17.0 Å². The van der Waals surface area contributed by atoms with Gasteiger partial charge in [-0.15, -0.1) is 0 Å². The zero-order valence-corrected chi connectivity index (χ0v) is 23.9. The second kappa shape index (κ2) is 10.1. The first-order chi connectivity index (χ1) is 19.2. The van der Waals surface area contributed by atoms with Crippen LogP contribution in [0.15, 0.2) is 60.7 Å². The molecule has 0 aromatic heterocycles. The van der Waals surface area contributed by atoms with Gasteiger partial charge in [-0.05, 0) is 59.9 Å². The smallest absolute Gasteiger partial charge is 0.335 e. The second-order valence-corrected chi connectivity index (χ2v) is 12.5. The van der Waals surface area contributed by atoms with E-state index < -0.39 is 58.5 Å². The molecule has 0 saturated carbocycles. The monoisotopic (exact) mass is 601 g/mol. The summed E-state index contributed by atoms with van der Waals surface area (Å²) in [7, 11) is 0. The number of carbonyl (C=O) groups is 3. The van der Waals surface area contributed by atoms with Gasteiger partial charge in [-0.25, -0.2) is 23.3 Å². The number of carbonyl (C=O) groups excluding carboxylic acids is 2. The van der Waals surface area contributed by atoms with Crippen molar-refractivity contribution in [2.24, 2.45) is 11.1 Å². The molecule has 5 rings (SSSR count). The lowest BCUT2D eigenvalue weighted by molar-refractivity contribution is -0.119. The summed E-state index contributed by atoms with van der Waals surface area (Å²) in [6, 6.07) is 10.5. The van der Waals surface area contributed by atoms with Gasteiger partial charge in [-0.1, -0.05) is 62.2 Å². The van der Waals surface area contributed by atoms with Crippen molar-refractivity contribution in [2.75, 3.05) is 4.90 Å². The van der Waals surface area contributed by atoms with Crippen molar-refractivity contribution in [3.8, 4) is 0 Å². The van der Waals surface area contributed by atoms with Gasteiger partial charge in [-0.3, -0.25) is 4.79 Å². The van der Waals surface area contributed by atoms with Gasteiger partial charge in [0.2, 0.25) is 0 Å². The molecular formula is C30H27Cl2F2N3O4. The van der Waals surface area contributed by atoms with Gasteiger partial charge >= 0.3 is 12.0 Å². The maximum atomic E-state index is 15.8. The van der Waals surface area contributed by atoms with E-state index in [1.165, 1.54) is 59.5 Å². The molecule has 2 aliphatic heterocycles. The highest BCUT2D eigenvalue weighted by Crippen LogP contribution is 2.56. The van der Waals surface area contributed by atoms with Crippen molar-refractivity contribution >= 4 is 46.8 Å². The number of rotatable bonds is 5. The lowest BCUT2D eigenvalue weighted by Crippen LogP contribution is -2.55. The van der Waals surface area contributed by atoms with Crippen LogP contribution in [0.1, 0.15) is 54.6 Å². The molecule has 41 heavy (non-hydrogen) atoms. The summed E-state index contributed by atoms with van der Waals surface area (Å²) in [6.45, 7) is 5.75. The molecule has 2 heterocycles. The van der Waals surface area contributed by atoms with Gasteiger partial charge in [-0.2, -0.15) is 0 Å². The normalized spacial score (nSPS) is 24.2. The Morgan fingerprint density at radius 2 is 1.71 bits per heavy atom. The topological polar surface area (TPSA) is 104 Å². The lowest BCUT2D eigenvalue weighted by atomic mass is 9.68. The van der Waals surface area contributed by atoms with E-state index in [1.807, 2.05) is 20.8 Å². The van der Waals surface area contributed by atoms with Crippen molar-refractivity contribution < 1.29 is 28.3 Å². The number of amides is 3. The number of carboxylic acids is 1. The Labute approximate surface area is 245 Å². The molecule has 2 saturated heterocycles. The van der Waals surface area contributed by atoms with E-state index in [0.29, 0.717) is 0 Å². The molecule has 0 aliphatic carbocycles. The molecule has 214 valence electrons. The first-order valence-electron chi connectivity index (χ1n) is 12.8. The van der Waals surface area contributed by atoms with E-state index in [9.17, 15) is 19.5 Å². The number of hydrogen-bond donors (Lipinski definition) is 2. The van der Waals surface area contributed by atoms with E-state index >= 15 is 8.78 Å². The first-order valence-corrected chi connectivity index (χ1v) is 13.6. The van der Waals surface area contributed by atoms with Crippen molar-refractivity contribution in [1.29, 1.82) is 0 Å². The minimum atomic E-state index is -1.78. The number of benzene rings is 3. The minimum absolute atomic E-state index is 0.0205. The SMILES string of the molecule is CC(C)(C)C[C@@H]1N2C(=O)N(c3ccc(C(=O)O)cc3)C(=O)[C@H]2[C@H](c2cccc(Cl)c2F)[C@@]1(N)c1ccc(Cl)cc1F. The Balaban J connectivity index is 1.77. The van der Waals surface area contributed by atoms with Crippen LogP contribution in [0.3, 0.4) is 0 Å². The van der Waals surface area contributed by atoms with Crippen LogP contribution in [0.25, 0.3) is 0 Å². The number of carboxylic acid groups (broad SMARTS) is 1. The van der Waals surface area contributed by atoms with Gasteiger partial charge in [0, 0.05) is 16.5 Å². The zero-order valence-electron chi connectivity index (χ0n) is 22.4. The van der Waals surface area contributed by atoms with Gasteiger partial charge < -0.3 is 15.7 Å². The maximum Gasteiger partial charge on any atom is 0.335 e. The average Bonchev–Trinajstić information content (AvgIpc) is 3.28. The molecule has 0 bridgehead atoms. The summed E-state index contributed by atoms with van der Waals surface area (Å²) in [6.07, 6.45) is 0.228. The number of aromatic carboxylic acids is 1. The minimum Gasteiger partial charge on any atom is -0.478 e. The van der Waals surface area contributed by atoms with Crippen LogP contribution in [-0.2, 0) is 10.3 Å². The maximum absolute atomic E-state index is 15.8. The molecule has 0 spiro atoms. The van der Waals surface area contributed by atoms with Gasteiger partial charge in [0.1, 0.15) is 17.7 Å². The van der Waals surface area contributed by atoms with Gasteiger partial charge in [0.15, 0.2) is 0 Å². The Bertz CT molecular complexity index is 1580. The molecule has 3 aromatic carbocycles. The predicted molar refractivity (Wildman–Crippen MR) is 151 cm³/mol. The highest BCUT2D eigenvalue weighted by atomic mass is 35.5. The fraction of sp³-hybridized carbons (Fsp3) is 0.300. The number of fused-ring (bicyclic) bond motifs is 1. The summed E-state index contributed by atoms with van der Waals surface area (Å²) in [4.78, 5) is 41.9. The Morgan fingerprint density at radius 1 is 1.05 bits per heavy atom. The third-order valence-corrected chi connectivity index (χ3v) is 8.32. The first kappa shape index (κ1) is 29.0. The van der Waals surface area contributed by atoms with Crippen LogP contribution in [0.5, 0.6) is 0 Å². The van der Waals surface area contributed by atoms with E-state index in [4.69, 9.17) is 28.9 Å². The second-order valence-electron chi connectivity index (χ2n) is 11.6. The molecule has 0 radical (unpaired) electrons. The van der Waals surface area contributed by atoms with Crippen molar-refractivity contribution in [1.82, 2.24) is 4.90 Å². The Hall–Kier alpha value is -3.53. The summed E-state index contributed by atoms with van der Waals surface area (Å²) in [5, 5.41) is 9.18. The van der Waals surface area contributed by atoms with Crippen LogP contribution >= 0.6 is 23.2 Å². The van der Waals surface area contributed by atoms with E-state index in [0.717, 1.165) is 11.0 Å². The molecular weight excluding hydrogens is 575 g/mol. The molecule has 3 amide bonds. The number of nitrogens with zero attached hydrogens (tertiary/aromatic N) is 2. The molecule has 4 atom stereocenters. The summed E-state index contributed by atoms with van der Waals surface area (Å²) in [5.41, 5.74) is 5.01. The number of urea groups is 1. The standard InChI is InChI=1S/C30H27Cl2F2N3O4/c1-29(2,3)14-22-30(35,19-12-9-16(31)13-21(19)33)23(18-5-4-6-20(32)24(18)34)25-26(38)36(28(41)37(22)25)17-10-7-15(8-11-17)27(39)40/h4-13,22-23,25H,14,35H2,1-3H3,(H,39,40)/t22-,23-,25+,30+/m0/s1.